The van der Waals surface area contributed by atoms with E-state index in [1.54, 1.807) is 4.68 Å². The zero-order valence-corrected chi connectivity index (χ0v) is 16.6. The molecule has 0 spiro atoms. The fourth-order valence-corrected chi connectivity index (χ4v) is 5.64. The van der Waals surface area contributed by atoms with Crippen LogP contribution in [0.1, 0.15) is 46.9 Å². The normalized spacial score (nSPS) is 21.7. The third kappa shape index (κ3) is 3.52. The van der Waals surface area contributed by atoms with E-state index in [2.05, 4.69) is 31.1 Å². The van der Waals surface area contributed by atoms with Crippen molar-refractivity contribution in [3.63, 3.8) is 0 Å². The van der Waals surface area contributed by atoms with Crippen molar-refractivity contribution in [2.24, 2.45) is 0 Å². The molecule has 0 bridgehead atoms. The lowest BCUT2D eigenvalue weighted by molar-refractivity contribution is 0.0786. The molecule has 1 atom stereocenters. The summed E-state index contributed by atoms with van der Waals surface area (Å²) >= 11 is 0. The van der Waals surface area contributed by atoms with Gasteiger partial charge in [0.05, 0.1) is 23.2 Å². The van der Waals surface area contributed by atoms with Crippen molar-refractivity contribution in [1.82, 2.24) is 14.7 Å². The average Bonchev–Trinajstić information content (AvgIpc) is 3.35. The van der Waals surface area contributed by atoms with Gasteiger partial charge in [-0.05, 0) is 56.4 Å². The number of hydrogen-bond acceptors (Lipinski definition) is 4. The van der Waals surface area contributed by atoms with Gasteiger partial charge in [0.15, 0.2) is 15.5 Å². The summed E-state index contributed by atoms with van der Waals surface area (Å²) in [5, 5.41) is 4.59. The van der Waals surface area contributed by atoms with Gasteiger partial charge in [-0.2, -0.15) is 5.10 Å². The highest BCUT2D eigenvalue weighted by Gasteiger charge is 2.33. The second-order valence-corrected chi connectivity index (χ2v) is 9.94. The molecule has 2 aromatic rings. The quantitative estimate of drug-likeness (QED) is 0.812. The number of nitrogens with zero attached hydrogens (tertiary/aromatic N) is 3. The molecule has 1 amide bonds. The van der Waals surface area contributed by atoms with Crippen LogP contribution in [-0.4, -0.2) is 53.6 Å². The Balaban J connectivity index is 1.77. The van der Waals surface area contributed by atoms with Gasteiger partial charge < -0.3 is 4.90 Å². The van der Waals surface area contributed by atoms with Crippen LogP contribution in [0.3, 0.4) is 0 Å². The molecule has 2 aliphatic rings. The van der Waals surface area contributed by atoms with E-state index in [4.69, 9.17) is 0 Å². The number of carbonyl (C=O) groups excluding carboxylic acids is 1. The van der Waals surface area contributed by atoms with Gasteiger partial charge >= 0.3 is 0 Å². The molecule has 2 fully saturated rings. The Morgan fingerprint density at radius 2 is 1.85 bits per heavy atom. The lowest BCUT2D eigenvalue weighted by Crippen LogP contribution is -2.28. The van der Waals surface area contributed by atoms with Gasteiger partial charge in [0.1, 0.15) is 0 Å². The third-order valence-corrected chi connectivity index (χ3v) is 7.46. The molecule has 0 radical (unpaired) electrons. The first kappa shape index (κ1) is 18.2. The van der Waals surface area contributed by atoms with Crippen LogP contribution >= 0.6 is 0 Å². The van der Waals surface area contributed by atoms with Crippen LogP contribution in [0.5, 0.6) is 0 Å². The Hall–Kier alpha value is -2.15. The first-order valence-electron chi connectivity index (χ1n) is 9.51. The number of sulfone groups is 1. The predicted molar refractivity (Wildman–Crippen MR) is 105 cm³/mol. The van der Waals surface area contributed by atoms with Gasteiger partial charge in [-0.1, -0.05) is 12.1 Å². The number of hydrogen-bond donors (Lipinski definition) is 0. The summed E-state index contributed by atoms with van der Waals surface area (Å²) in [6.45, 7) is 5.64. The van der Waals surface area contributed by atoms with Gasteiger partial charge in [-0.25, -0.2) is 8.42 Å². The second kappa shape index (κ2) is 6.78. The Labute approximate surface area is 160 Å². The molecule has 27 heavy (non-hydrogen) atoms. The fourth-order valence-electron chi connectivity index (χ4n) is 3.94. The number of carbonyl (C=O) groups is 1. The molecule has 3 heterocycles. The van der Waals surface area contributed by atoms with Gasteiger partial charge in [0, 0.05) is 18.7 Å². The van der Waals surface area contributed by atoms with Gasteiger partial charge in [-0.15, -0.1) is 0 Å². The van der Waals surface area contributed by atoms with E-state index in [1.807, 2.05) is 17.0 Å². The number of amides is 1. The molecule has 0 N–H and O–H groups in total. The molecule has 0 saturated carbocycles. The lowest BCUT2D eigenvalue weighted by atomic mass is 10.0. The molecule has 144 valence electrons. The molecule has 1 aromatic heterocycles. The van der Waals surface area contributed by atoms with Gasteiger partial charge in [-0.3, -0.25) is 9.48 Å². The van der Waals surface area contributed by atoms with Crippen LogP contribution in [0.25, 0.3) is 11.3 Å². The summed E-state index contributed by atoms with van der Waals surface area (Å²) < 4.78 is 25.8. The van der Waals surface area contributed by atoms with Crippen LogP contribution in [-0.2, 0) is 9.84 Å². The highest BCUT2D eigenvalue weighted by atomic mass is 32.2. The largest absolute Gasteiger partial charge is 0.337 e. The topological polar surface area (TPSA) is 72.3 Å². The van der Waals surface area contributed by atoms with Crippen molar-refractivity contribution >= 4 is 15.7 Å². The molecule has 0 aliphatic carbocycles. The minimum absolute atomic E-state index is 0.0582. The molecule has 2 saturated heterocycles. The monoisotopic (exact) mass is 387 g/mol. The van der Waals surface area contributed by atoms with E-state index in [1.165, 1.54) is 5.56 Å². The summed E-state index contributed by atoms with van der Waals surface area (Å²) in [5.74, 6) is 0.209. The van der Waals surface area contributed by atoms with Crippen LogP contribution in [0.4, 0.5) is 0 Å². The zero-order chi connectivity index (χ0) is 19.2. The van der Waals surface area contributed by atoms with Gasteiger partial charge in [0.25, 0.3) is 5.91 Å². The molecule has 6 nitrogen and oxygen atoms in total. The SMILES string of the molecule is Cc1ccc(-c2cc(C(=O)N3CCCC3)nn2[C@@H]2CCS(=O)(=O)C2)cc1C. The highest BCUT2D eigenvalue weighted by molar-refractivity contribution is 7.91. The van der Waals surface area contributed by atoms with Crippen LogP contribution in [0.15, 0.2) is 24.3 Å². The zero-order valence-electron chi connectivity index (χ0n) is 15.8. The fraction of sp³-hybridized carbons (Fsp3) is 0.500. The summed E-state index contributed by atoms with van der Waals surface area (Å²) in [5.41, 5.74) is 4.56. The van der Waals surface area contributed by atoms with E-state index in [0.717, 1.165) is 42.8 Å². The maximum absolute atomic E-state index is 12.8. The van der Waals surface area contributed by atoms with E-state index < -0.39 is 9.84 Å². The first-order chi connectivity index (χ1) is 12.8. The van der Waals surface area contributed by atoms with Crippen LogP contribution in [0.2, 0.25) is 0 Å². The van der Waals surface area contributed by atoms with Crippen molar-refractivity contribution in [1.29, 1.82) is 0 Å². The third-order valence-electron chi connectivity index (χ3n) is 5.71. The summed E-state index contributed by atoms with van der Waals surface area (Å²) in [4.78, 5) is 14.7. The van der Waals surface area contributed by atoms with E-state index in [-0.39, 0.29) is 23.5 Å². The lowest BCUT2D eigenvalue weighted by Gasteiger charge is -2.14. The summed E-state index contributed by atoms with van der Waals surface area (Å²) in [6, 6.07) is 7.76. The Bertz CT molecular complexity index is 988. The van der Waals surface area contributed by atoms with Crippen LogP contribution in [0, 0.1) is 13.8 Å². The van der Waals surface area contributed by atoms with E-state index >= 15 is 0 Å². The summed E-state index contributed by atoms with van der Waals surface area (Å²) in [6.07, 6.45) is 2.59. The number of likely N-dealkylation sites (tertiary alicyclic amines) is 1. The maximum atomic E-state index is 12.8. The van der Waals surface area contributed by atoms with E-state index in [0.29, 0.717) is 12.1 Å². The standard InChI is InChI=1S/C20H25N3O3S/c1-14-5-6-16(11-15(14)2)19-12-18(20(24)22-8-3-4-9-22)21-23(19)17-7-10-27(25,26)13-17/h5-6,11-12,17H,3-4,7-10,13H2,1-2H3/t17-/m1/s1. The highest BCUT2D eigenvalue weighted by Crippen LogP contribution is 2.31. The minimum Gasteiger partial charge on any atom is -0.337 e. The maximum Gasteiger partial charge on any atom is 0.274 e. The van der Waals surface area contributed by atoms with Crippen molar-refractivity contribution in [3.8, 4) is 11.3 Å². The molecule has 4 rings (SSSR count). The first-order valence-corrected chi connectivity index (χ1v) is 11.3. The Kier molecular flexibility index (Phi) is 4.58. The number of benzene rings is 1. The van der Waals surface area contributed by atoms with Gasteiger partial charge in [0.2, 0.25) is 0 Å². The second-order valence-electron chi connectivity index (χ2n) is 7.71. The van der Waals surface area contributed by atoms with Crippen molar-refractivity contribution < 1.29 is 13.2 Å². The summed E-state index contributed by atoms with van der Waals surface area (Å²) in [7, 11) is -3.04. The smallest absolute Gasteiger partial charge is 0.274 e. The number of rotatable bonds is 3. The number of aromatic nitrogens is 2. The van der Waals surface area contributed by atoms with Crippen molar-refractivity contribution in [2.45, 2.75) is 39.2 Å². The predicted octanol–water partition coefficient (Wildman–Crippen LogP) is 2.76. The number of aryl methyl sites for hydroxylation is 2. The van der Waals surface area contributed by atoms with E-state index in [9.17, 15) is 13.2 Å². The molecule has 0 unspecified atom stereocenters. The van der Waals surface area contributed by atoms with Crippen molar-refractivity contribution in [3.05, 3.63) is 41.1 Å². The Morgan fingerprint density at radius 1 is 1.11 bits per heavy atom. The molecule has 1 aromatic carbocycles. The minimum atomic E-state index is -3.04. The Morgan fingerprint density at radius 3 is 2.48 bits per heavy atom. The molecular weight excluding hydrogens is 362 g/mol. The molecule has 2 aliphatic heterocycles. The average molecular weight is 388 g/mol. The van der Waals surface area contributed by atoms with Crippen LogP contribution < -0.4 is 0 Å². The molecule has 7 heteroatoms. The molecular formula is C20H25N3O3S. The van der Waals surface area contributed by atoms with Crippen molar-refractivity contribution in [2.75, 3.05) is 24.6 Å².